The minimum atomic E-state index is -5.13. The number of hydrogen-bond acceptors (Lipinski definition) is 18. The molecule has 6 rings (SSSR count). The molecule has 22 nitrogen and oxygen atoms in total. The standard InChI is InChI=1S/C34H28N6O16S4.4Na/c1-55-23-11-15(3-7-19(23)37-39-21-9-5-17-25(57(43,44)45)13-27(59(49,50)51)31(35)29(17)33(21)41)16-4-8-20(24(12-16)56-2)38-40-22-10-6-18-26(58(46,47)48)14-28(60(52,53)54)32(36)30(18)34(22)42;;;;/h3-14,41-42H,35-36H2,1-2H3,(H,43,44,45)(H,46,47,48)(H,49,50,51)(H,52,53,54);;;;/q;4*+1. The Hall–Kier alpha value is -2.52. The number of nitrogen functional groups attached to an aromatic ring is 2. The molecule has 0 amide bonds. The fourth-order valence-corrected chi connectivity index (χ4v) is 8.89. The van der Waals surface area contributed by atoms with Crippen LogP contribution in [0.5, 0.6) is 23.0 Å². The fraction of sp³-hybridized carbons (Fsp3) is 0.0588. The van der Waals surface area contributed by atoms with Crippen LogP contribution in [0.15, 0.2) is 113 Å². The van der Waals surface area contributed by atoms with Crippen LogP contribution in [0.3, 0.4) is 0 Å². The van der Waals surface area contributed by atoms with E-state index in [1.807, 2.05) is 0 Å². The quantitative estimate of drug-likeness (QED) is 0.0259. The summed E-state index contributed by atoms with van der Waals surface area (Å²) < 4.78 is 145. The molecule has 0 atom stereocenters. The second kappa shape index (κ2) is 21.6. The Morgan fingerprint density at radius 3 is 1.00 bits per heavy atom. The molecule has 314 valence electrons. The van der Waals surface area contributed by atoms with E-state index in [9.17, 15) is 62.1 Å². The minimum absolute atomic E-state index is 0. The Morgan fingerprint density at radius 2 is 0.719 bits per heavy atom. The summed E-state index contributed by atoms with van der Waals surface area (Å²) in [7, 11) is -17.8. The number of fused-ring (bicyclic) bond motifs is 2. The number of nitrogens with two attached hydrogens (primary N) is 2. The summed E-state index contributed by atoms with van der Waals surface area (Å²) in [6.07, 6.45) is 0. The number of benzene rings is 6. The molecule has 0 aromatic heterocycles. The van der Waals surface area contributed by atoms with E-state index in [1.54, 1.807) is 24.3 Å². The van der Waals surface area contributed by atoms with Crippen LogP contribution in [0.1, 0.15) is 0 Å². The predicted molar refractivity (Wildman–Crippen MR) is 213 cm³/mol. The number of ether oxygens (including phenoxy) is 2. The van der Waals surface area contributed by atoms with Crippen molar-refractivity contribution >= 4 is 96.1 Å². The summed E-state index contributed by atoms with van der Waals surface area (Å²) in [6.45, 7) is 0. The van der Waals surface area contributed by atoms with E-state index in [0.29, 0.717) is 23.3 Å². The SMILES string of the molecule is COc1cc(-c2ccc(N=Nc3ccc4c(S(=O)(=O)O)cc(S(=O)(=O)O)c(N)c4c3O)c(OC)c2)ccc1N=Nc1ccc2c(S(=O)(=O)O)cc(S(=O)(=O)O)c(N)c2c1O.[Na+].[Na+].[Na+].[Na+]. The zero-order valence-electron chi connectivity index (χ0n) is 34.3. The van der Waals surface area contributed by atoms with E-state index in [1.165, 1.54) is 26.4 Å². The molecule has 0 fully saturated rings. The normalized spacial score (nSPS) is 12.0. The first-order chi connectivity index (χ1) is 27.9. The molecule has 30 heteroatoms. The first-order valence-corrected chi connectivity index (χ1v) is 21.9. The van der Waals surface area contributed by atoms with Gasteiger partial charge in [-0.25, -0.2) is 0 Å². The summed E-state index contributed by atoms with van der Waals surface area (Å²) in [6, 6.07) is 14.5. The van der Waals surface area contributed by atoms with Crippen molar-refractivity contribution in [1.82, 2.24) is 0 Å². The number of rotatable bonds is 11. The molecule has 0 unspecified atom stereocenters. The van der Waals surface area contributed by atoms with E-state index >= 15 is 0 Å². The smallest absolute Gasteiger partial charge is 0.505 e. The molecule has 0 aliphatic carbocycles. The van der Waals surface area contributed by atoms with Crippen molar-refractivity contribution in [1.29, 1.82) is 0 Å². The minimum Gasteiger partial charge on any atom is -0.505 e. The van der Waals surface area contributed by atoms with Crippen molar-refractivity contribution in [3.8, 4) is 34.1 Å². The van der Waals surface area contributed by atoms with Gasteiger partial charge in [-0.1, -0.05) is 24.3 Å². The van der Waals surface area contributed by atoms with Crippen LogP contribution >= 0.6 is 0 Å². The Bertz CT molecular complexity index is 3140. The van der Waals surface area contributed by atoms with Gasteiger partial charge < -0.3 is 31.2 Å². The molecule has 0 heterocycles. The van der Waals surface area contributed by atoms with Gasteiger partial charge in [0.25, 0.3) is 40.5 Å². The monoisotopic (exact) mass is 996 g/mol. The number of nitrogens with zero attached hydrogens (tertiary/aromatic N) is 4. The molecular formula is C34H28N6Na4O16S4+4. The maximum Gasteiger partial charge on any atom is 1.00 e. The van der Waals surface area contributed by atoms with Gasteiger partial charge in [-0.2, -0.15) is 33.7 Å². The maximum atomic E-state index is 12.0. The molecule has 0 saturated carbocycles. The Balaban J connectivity index is 0.00000352. The van der Waals surface area contributed by atoms with E-state index in [0.717, 1.165) is 24.3 Å². The average molecular weight is 997 g/mol. The number of phenolic OH excluding ortho intramolecular Hbond substituents is 2. The summed E-state index contributed by atoms with van der Waals surface area (Å²) in [5, 5.41) is 36.3. The molecule has 64 heavy (non-hydrogen) atoms. The van der Waals surface area contributed by atoms with Crippen molar-refractivity contribution in [2.24, 2.45) is 20.5 Å². The van der Waals surface area contributed by atoms with Gasteiger partial charge in [0.05, 0.1) is 36.4 Å². The number of hydrogen-bond donors (Lipinski definition) is 8. The van der Waals surface area contributed by atoms with Crippen LogP contribution in [0, 0.1) is 0 Å². The molecule has 0 aliphatic rings. The van der Waals surface area contributed by atoms with Crippen molar-refractivity contribution in [3.63, 3.8) is 0 Å². The third-order valence-corrected chi connectivity index (χ3v) is 12.3. The predicted octanol–water partition coefficient (Wildman–Crippen LogP) is -5.91. The average Bonchev–Trinajstić information content (AvgIpc) is 3.15. The summed E-state index contributed by atoms with van der Waals surface area (Å²) in [4.78, 5) is -4.11. The number of anilines is 2. The summed E-state index contributed by atoms with van der Waals surface area (Å²) in [5.74, 6) is -1.36. The Morgan fingerprint density at radius 1 is 0.438 bits per heavy atom. The first-order valence-electron chi connectivity index (χ1n) is 16.1. The number of methoxy groups -OCH3 is 2. The summed E-state index contributed by atoms with van der Waals surface area (Å²) in [5.41, 5.74) is 11.0. The van der Waals surface area contributed by atoms with Crippen LogP contribution in [0.25, 0.3) is 32.7 Å². The van der Waals surface area contributed by atoms with Gasteiger partial charge >= 0.3 is 118 Å². The molecule has 10 N–H and O–H groups in total. The third-order valence-electron chi connectivity index (χ3n) is 8.77. The van der Waals surface area contributed by atoms with Crippen LogP contribution in [0.4, 0.5) is 34.1 Å². The zero-order chi connectivity index (χ0) is 44.3. The van der Waals surface area contributed by atoms with Gasteiger partial charge in [-0.3, -0.25) is 18.2 Å². The molecule has 0 saturated heterocycles. The zero-order valence-corrected chi connectivity index (χ0v) is 45.5. The molecule has 6 aromatic rings. The molecular weight excluding hydrogens is 969 g/mol. The van der Waals surface area contributed by atoms with Crippen molar-refractivity contribution in [2.45, 2.75) is 19.6 Å². The van der Waals surface area contributed by atoms with Crippen molar-refractivity contribution in [2.75, 3.05) is 25.7 Å². The number of phenols is 2. The van der Waals surface area contributed by atoms with E-state index in [-0.39, 0.29) is 163 Å². The molecule has 6 aromatic carbocycles. The fourth-order valence-electron chi connectivity index (χ4n) is 6.02. The molecule has 0 aliphatic heterocycles. The molecule has 0 spiro atoms. The van der Waals surface area contributed by atoms with Crippen LogP contribution in [-0.4, -0.2) is 76.3 Å². The van der Waals surface area contributed by atoms with Crippen LogP contribution < -0.4 is 139 Å². The van der Waals surface area contributed by atoms with Crippen LogP contribution in [-0.2, 0) is 40.5 Å². The van der Waals surface area contributed by atoms with Crippen molar-refractivity contribution < 1.29 is 190 Å². The Kier molecular flexibility index (Phi) is 19.5. The van der Waals surface area contributed by atoms with Gasteiger partial charge in [0.1, 0.15) is 53.8 Å². The first kappa shape index (κ1) is 57.6. The van der Waals surface area contributed by atoms with Gasteiger partial charge in [0.2, 0.25) is 0 Å². The molecule has 0 bridgehead atoms. The van der Waals surface area contributed by atoms with Gasteiger partial charge in [0.15, 0.2) is 11.5 Å². The second-order valence-electron chi connectivity index (χ2n) is 12.4. The Labute approximate surface area is 452 Å². The largest absolute Gasteiger partial charge is 1.00 e. The molecule has 0 radical (unpaired) electrons. The van der Waals surface area contributed by atoms with Gasteiger partial charge in [-0.05, 0) is 59.7 Å². The van der Waals surface area contributed by atoms with Gasteiger partial charge in [-0.15, -0.1) is 20.5 Å². The van der Waals surface area contributed by atoms with E-state index in [2.05, 4.69) is 20.5 Å². The van der Waals surface area contributed by atoms with Gasteiger partial charge in [0, 0.05) is 10.8 Å². The van der Waals surface area contributed by atoms with E-state index < -0.39 is 93.7 Å². The maximum absolute atomic E-state index is 12.0. The summed E-state index contributed by atoms with van der Waals surface area (Å²) >= 11 is 0. The number of azo groups is 2. The van der Waals surface area contributed by atoms with E-state index in [4.69, 9.17) is 20.9 Å². The van der Waals surface area contributed by atoms with Crippen molar-refractivity contribution in [3.05, 3.63) is 72.8 Å². The second-order valence-corrected chi connectivity index (χ2v) is 17.9. The third kappa shape index (κ3) is 11.8. The number of aromatic hydroxyl groups is 2. The van der Waals surface area contributed by atoms with Crippen LogP contribution in [0.2, 0.25) is 0 Å². The topological polar surface area (TPSA) is 378 Å².